The third-order valence-electron chi connectivity index (χ3n) is 8.48. The standard InChI is InChI=1S/C35H41NO4/c1-8-12-23-15-24(16-29(39-7)33(23)40-21-22-13-10-9-11-14-22)30-31-25(17-34(2,3)19-27(31)37)36(6)26-18-35(4,5)20-28(38)32(26)30/h8-11,13-16,30H,1,12,17-21H2,2-7H3. The van der Waals surface area contributed by atoms with Gasteiger partial charge >= 0.3 is 0 Å². The first kappa shape index (κ1) is 27.9. The maximum Gasteiger partial charge on any atom is 0.165 e. The number of ketones is 2. The lowest BCUT2D eigenvalue weighted by molar-refractivity contribution is -0.119. The Kier molecular flexibility index (Phi) is 7.28. The summed E-state index contributed by atoms with van der Waals surface area (Å²) in [7, 11) is 3.67. The molecule has 5 rings (SSSR count). The van der Waals surface area contributed by atoms with Gasteiger partial charge in [-0.3, -0.25) is 9.59 Å². The Morgan fingerprint density at radius 1 is 0.925 bits per heavy atom. The fraction of sp³-hybridized carbons (Fsp3) is 0.429. The second-order valence-corrected chi connectivity index (χ2v) is 13.1. The minimum absolute atomic E-state index is 0.126. The van der Waals surface area contributed by atoms with Crippen LogP contribution in [0.2, 0.25) is 0 Å². The van der Waals surface area contributed by atoms with E-state index in [1.165, 1.54) is 0 Å². The molecule has 0 spiro atoms. The van der Waals surface area contributed by atoms with Crippen LogP contribution >= 0.6 is 0 Å². The van der Waals surface area contributed by atoms with E-state index < -0.39 is 5.92 Å². The molecule has 40 heavy (non-hydrogen) atoms. The van der Waals surface area contributed by atoms with Crippen molar-refractivity contribution < 1.29 is 19.1 Å². The summed E-state index contributed by atoms with van der Waals surface area (Å²) in [5.74, 6) is 1.09. The van der Waals surface area contributed by atoms with Gasteiger partial charge in [-0.2, -0.15) is 0 Å². The van der Waals surface area contributed by atoms with Crippen LogP contribution in [0.1, 0.15) is 76.0 Å². The average Bonchev–Trinajstić information content (AvgIpc) is 2.88. The predicted molar refractivity (Wildman–Crippen MR) is 158 cm³/mol. The monoisotopic (exact) mass is 539 g/mol. The number of benzene rings is 2. The average molecular weight is 540 g/mol. The van der Waals surface area contributed by atoms with Gasteiger partial charge in [0.15, 0.2) is 23.1 Å². The molecule has 5 nitrogen and oxygen atoms in total. The van der Waals surface area contributed by atoms with E-state index in [9.17, 15) is 9.59 Å². The molecule has 2 aromatic rings. The van der Waals surface area contributed by atoms with Gasteiger partial charge in [-0.25, -0.2) is 0 Å². The van der Waals surface area contributed by atoms with E-state index in [0.29, 0.717) is 37.4 Å². The minimum atomic E-state index is -0.422. The number of Topliss-reactive ketones (excluding diaryl/α,β-unsaturated/α-hetero) is 2. The number of carbonyl (C=O) groups excluding carboxylic acids is 2. The van der Waals surface area contributed by atoms with Gasteiger partial charge in [0.25, 0.3) is 0 Å². The molecule has 1 aliphatic heterocycles. The first-order valence-corrected chi connectivity index (χ1v) is 14.2. The Balaban J connectivity index is 1.68. The SMILES string of the molecule is C=CCc1cc(C2C3=C(CC(C)(C)CC3=O)N(C)C3=C2C(=O)CC(C)(C)C3)cc(OC)c1OCc1ccccc1. The molecular weight excluding hydrogens is 498 g/mol. The van der Waals surface area contributed by atoms with Crippen molar-refractivity contribution in [3.63, 3.8) is 0 Å². The first-order chi connectivity index (χ1) is 18.9. The second-order valence-electron chi connectivity index (χ2n) is 13.1. The fourth-order valence-electron chi connectivity index (χ4n) is 6.70. The Morgan fingerprint density at radius 3 is 2.02 bits per heavy atom. The molecular formula is C35H41NO4. The summed E-state index contributed by atoms with van der Waals surface area (Å²) in [6.45, 7) is 13.0. The molecule has 0 amide bonds. The Hall–Kier alpha value is -3.60. The lowest BCUT2D eigenvalue weighted by Crippen LogP contribution is -2.43. The molecule has 3 aliphatic rings. The van der Waals surface area contributed by atoms with Crippen molar-refractivity contribution in [1.82, 2.24) is 4.90 Å². The molecule has 5 heteroatoms. The van der Waals surface area contributed by atoms with E-state index in [-0.39, 0.29) is 22.4 Å². The van der Waals surface area contributed by atoms with Crippen molar-refractivity contribution >= 4 is 11.6 Å². The van der Waals surface area contributed by atoms with E-state index in [0.717, 1.165) is 52.1 Å². The number of allylic oxidation sites excluding steroid dienone is 5. The summed E-state index contributed by atoms with van der Waals surface area (Å²) in [4.78, 5) is 29.9. The van der Waals surface area contributed by atoms with E-state index in [1.54, 1.807) is 7.11 Å². The number of carbonyl (C=O) groups is 2. The Morgan fingerprint density at radius 2 is 1.50 bits per heavy atom. The van der Waals surface area contributed by atoms with Crippen molar-refractivity contribution in [2.75, 3.05) is 14.2 Å². The number of methoxy groups -OCH3 is 1. The third-order valence-corrected chi connectivity index (χ3v) is 8.48. The maximum atomic E-state index is 13.9. The van der Waals surface area contributed by atoms with Gasteiger partial charge < -0.3 is 14.4 Å². The highest BCUT2D eigenvalue weighted by Gasteiger charge is 2.48. The van der Waals surface area contributed by atoms with Crippen molar-refractivity contribution in [3.8, 4) is 11.5 Å². The maximum absolute atomic E-state index is 13.9. The molecule has 0 aromatic heterocycles. The summed E-state index contributed by atoms with van der Waals surface area (Å²) in [5.41, 5.74) is 6.23. The van der Waals surface area contributed by atoms with E-state index in [4.69, 9.17) is 9.47 Å². The van der Waals surface area contributed by atoms with Gasteiger partial charge in [-0.1, -0.05) is 70.2 Å². The Labute approximate surface area is 238 Å². The number of ether oxygens (including phenoxy) is 2. The van der Waals surface area contributed by atoms with E-state index in [1.807, 2.05) is 49.5 Å². The largest absolute Gasteiger partial charge is 0.493 e. The summed E-state index contributed by atoms with van der Waals surface area (Å²) < 4.78 is 12.2. The van der Waals surface area contributed by atoms with Gasteiger partial charge in [0.05, 0.1) is 7.11 Å². The van der Waals surface area contributed by atoms with Crippen LogP contribution in [0, 0.1) is 10.8 Å². The fourth-order valence-corrected chi connectivity index (χ4v) is 6.70. The smallest absolute Gasteiger partial charge is 0.165 e. The first-order valence-electron chi connectivity index (χ1n) is 14.2. The van der Waals surface area contributed by atoms with Crippen LogP contribution in [-0.2, 0) is 22.6 Å². The topological polar surface area (TPSA) is 55.8 Å². The van der Waals surface area contributed by atoms with Gasteiger partial charge in [0, 0.05) is 53.9 Å². The molecule has 0 unspecified atom stereocenters. The van der Waals surface area contributed by atoms with Crippen LogP contribution < -0.4 is 9.47 Å². The molecule has 0 N–H and O–H groups in total. The highest BCUT2D eigenvalue weighted by molar-refractivity contribution is 6.06. The van der Waals surface area contributed by atoms with Crippen molar-refractivity contribution in [2.45, 2.75) is 72.3 Å². The summed E-state index contributed by atoms with van der Waals surface area (Å²) in [5, 5.41) is 0. The van der Waals surface area contributed by atoms with Gasteiger partial charge in [0.1, 0.15) is 6.61 Å². The molecule has 0 saturated carbocycles. The van der Waals surface area contributed by atoms with Gasteiger partial charge in [-0.15, -0.1) is 6.58 Å². The van der Waals surface area contributed by atoms with Crippen molar-refractivity contribution in [2.24, 2.45) is 10.8 Å². The zero-order chi connectivity index (χ0) is 28.8. The van der Waals surface area contributed by atoms with E-state index in [2.05, 4.69) is 45.2 Å². The number of hydrogen-bond acceptors (Lipinski definition) is 5. The van der Waals surface area contributed by atoms with Crippen LogP contribution in [-0.4, -0.2) is 30.6 Å². The zero-order valence-electron chi connectivity index (χ0n) is 24.7. The van der Waals surface area contributed by atoms with Crippen LogP contribution in [0.25, 0.3) is 0 Å². The molecule has 0 atom stereocenters. The summed E-state index contributed by atoms with van der Waals surface area (Å²) in [6.07, 6.45) is 4.94. The molecule has 0 fully saturated rings. The van der Waals surface area contributed by atoms with Crippen molar-refractivity contribution in [3.05, 3.63) is 94.4 Å². The van der Waals surface area contributed by atoms with Gasteiger partial charge in [-0.05, 0) is 47.3 Å². The quantitative estimate of drug-likeness (QED) is 0.345. The molecule has 2 aromatic carbocycles. The second kappa shape index (κ2) is 10.4. The predicted octanol–water partition coefficient (Wildman–Crippen LogP) is 7.32. The van der Waals surface area contributed by atoms with Crippen LogP contribution in [0.5, 0.6) is 11.5 Å². The highest BCUT2D eigenvalue weighted by Crippen LogP contribution is 2.54. The van der Waals surface area contributed by atoms with Crippen molar-refractivity contribution in [1.29, 1.82) is 0 Å². The highest BCUT2D eigenvalue weighted by atomic mass is 16.5. The van der Waals surface area contributed by atoms with Crippen LogP contribution in [0.4, 0.5) is 0 Å². The molecule has 2 aliphatic carbocycles. The van der Waals surface area contributed by atoms with Crippen LogP contribution in [0.15, 0.2) is 77.7 Å². The zero-order valence-corrected chi connectivity index (χ0v) is 24.7. The number of rotatable bonds is 7. The normalized spacial score (nSPS) is 20.3. The molecule has 0 radical (unpaired) electrons. The molecule has 0 saturated heterocycles. The van der Waals surface area contributed by atoms with Gasteiger partial charge in [0.2, 0.25) is 0 Å². The summed E-state index contributed by atoms with van der Waals surface area (Å²) >= 11 is 0. The molecule has 1 heterocycles. The minimum Gasteiger partial charge on any atom is -0.493 e. The Bertz CT molecular complexity index is 1370. The third kappa shape index (κ3) is 5.14. The van der Waals surface area contributed by atoms with E-state index >= 15 is 0 Å². The molecule has 0 bridgehead atoms. The lowest BCUT2D eigenvalue weighted by atomic mass is 9.63. The van der Waals surface area contributed by atoms with Crippen LogP contribution in [0.3, 0.4) is 0 Å². The number of hydrogen-bond donors (Lipinski definition) is 0. The molecule has 210 valence electrons. The summed E-state index contributed by atoms with van der Waals surface area (Å²) in [6, 6.07) is 14.1. The lowest BCUT2D eigenvalue weighted by Gasteiger charge is -2.48. The number of nitrogens with zero attached hydrogens (tertiary/aromatic N) is 1.